The SMILES string of the molecule is CN[C@H]1CC[C@@H](N(Cc2cc(-c3cnccn3)ccc2OC)C(=O)c2sc3c(F)ccc(F)c3c2Cl)CC1. The number of rotatable bonds is 7. The average Bonchev–Trinajstić information content (AvgIpc) is 3.32. The maximum absolute atomic E-state index is 14.6. The summed E-state index contributed by atoms with van der Waals surface area (Å²) < 4.78 is 34.8. The Morgan fingerprint density at radius 1 is 1.16 bits per heavy atom. The Balaban J connectivity index is 1.56. The maximum atomic E-state index is 14.6. The number of aromatic nitrogens is 2. The Morgan fingerprint density at radius 3 is 2.58 bits per heavy atom. The average molecular weight is 557 g/mol. The molecule has 198 valence electrons. The predicted octanol–water partition coefficient (Wildman–Crippen LogP) is 6.47. The summed E-state index contributed by atoms with van der Waals surface area (Å²) in [6.45, 7) is 0.237. The van der Waals surface area contributed by atoms with Crippen molar-refractivity contribution in [3.05, 3.63) is 76.0 Å². The zero-order chi connectivity index (χ0) is 26.8. The number of hydrogen-bond donors (Lipinski definition) is 1. The highest BCUT2D eigenvalue weighted by atomic mass is 35.5. The van der Waals surface area contributed by atoms with E-state index in [4.69, 9.17) is 16.3 Å². The van der Waals surface area contributed by atoms with Crippen molar-refractivity contribution in [1.29, 1.82) is 0 Å². The van der Waals surface area contributed by atoms with E-state index in [1.54, 1.807) is 30.6 Å². The van der Waals surface area contributed by atoms with Crippen molar-refractivity contribution in [2.75, 3.05) is 14.2 Å². The number of benzene rings is 2. The Hall–Kier alpha value is -3.14. The van der Waals surface area contributed by atoms with Gasteiger partial charge in [0, 0.05) is 42.1 Å². The van der Waals surface area contributed by atoms with Gasteiger partial charge in [0.15, 0.2) is 0 Å². The molecule has 1 N–H and O–H groups in total. The predicted molar refractivity (Wildman–Crippen MR) is 146 cm³/mol. The molecule has 6 nitrogen and oxygen atoms in total. The fourth-order valence-electron chi connectivity index (χ4n) is 5.10. The summed E-state index contributed by atoms with van der Waals surface area (Å²) in [6, 6.07) is 8.07. The molecule has 10 heteroatoms. The van der Waals surface area contributed by atoms with E-state index >= 15 is 0 Å². The number of carbonyl (C=O) groups is 1. The number of fused-ring (bicyclic) bond motifs is 1. The number of ether oxygens (including phenoxy) is 1. The summed E-state index contributed by atoms with van der Waals surface area (Å²) in [5.74, 6) is -0.985. The van der Waals surface area contributed by atoms with Crippen LogP contribution in [-0.4, -0.2) is 47.0 Å². The third-order valence-electron chi connectivity index (χ3n) is 7.16. The number of nitrogens with zero attached hydrogens (tertiary/aromatic N) is 3. The molecular weight excluding hydrogens is 530 g/mol. The highest BCUT2D eigenvalue weighted by Crippen LogP contribution is 2.40. The second kappa shape index (κ2) is 11.3. The molecule has 5 rings (SSSR count). The molecule has 2 aromatic heterocycles. The molecule has 0 spiro atoms. The van der Waals surface area contributed by atoms with E-state index in [1.807, 2.05) is 25.2 Å². The van der Waals surface area contributed by atoms with E-state index < -0.39 is 11.6 Å². The first-order valence-electron chi connectivity index (χ1n) is 12.4. The number of hydrogen-bond acceptors (Lipinski definition) is 6. The van der Waals surface area contributed by atoms with Crippen molar-refractivity contribution >= 4 is 38.9 Å². The second-order valence-corrected chi connectivity index (χ2v) is 10.7. The van der Waals surface area contributed by atoms with Gasteiger partial charge in [-0.1, -0.05) is 11.6 Å². The van der Waals surface area contributed by atoms with Crippen molar-refractivity contribution in [2.24, 2.45) is 0 Å². The molecule has 1 aliphatic rings. The zero-order valence-electron chi connectivity index (χ0n) is 21.0. The molecule has 1 fully saturated rings. The molecule has 4 aromatic rings. The summed E-state index contributed by atoms with van der Waals surface area (Å²) in [6.07, 6.45) is 8.29. The van der Waals surface area contributed by atoms with Gasteiger partial charge < -0.3 is 15.0 Å². The first kappa shape index (κ1) is 26.5. The molecule has 0 saturated heterocycles. The fourth-order valence-corrected chi connectivity index (χ4v) is 6.61. The van der Waals surface area contributed by atoms with Gasteiger partial charge in [-0.05, 0) is 63.1 Å². The van der Waals surface area contributed by atoms with Gasteiger partial charge >= 0.3 is 0 Å². The monoisotopic (exact) mass is 556 g/mol. The molecular formula is C28H27ClF2N4O2S. The molecule has 0 atom stereocenters. The summed E-state index contributed by atoms with van der Waals surface area (Å²) in [5.41, 5.74) is 2.32. The van der Waals surface area contributed by atoms with Gasteiger partial charge in [-0.15, -0.1) is 11.3 Å². The third-order valence-corrected chi connectivity index (χ3v) is 8.84. The number of halogens is 3. The molecule has 2 heterocycles. The molecule has 1 aliphatic carbocycles. The Kier molecular flexibility index (Phi) is 7.88. The standard InChI is InChI=1S/C28H27ClF2N4O2S/c1-32-18-4-6-19(7-5-18)35(28(36)27-25(29)24-20(30)8-9-21(31)26(24)38-27)15-17-13-16(3-10-23(17)37-2)22-14-33-11-12-34-22/h3,8-14,18-19,32H,4-7,15H2,1-2H3/t18-,19+. The largest absolute Gasteiger partial charge is 0.496 e. The van der Waals surface area contributed by atoms with Crippen LogP contribution in [0.25, 0.3) is 21.3 Å². The number of methoxy groups -OCH3 is 1. The van der Waals surface area contributed by atoms with Crippen LogP contribution in [0.15, 0.2) is 48.9 Å². The molecule has 2 aromatic carbocycles. The third kappa shape index (κ3) is 5.10. The van der Waals surface area contributed by atoms with Crippen LogP contribution in [0.5, 0.6) is 5.75 Å². The minimum Gasteiger partial charge on any atom is -0.496 e. The molecule has 0 bridgehead atoms. The van der Waals surface area contributed by atoms with Crippen LogP contribution in [0.4, 0.5) is 8.78 Å². The highest BCUT2D eigenvalue weighted by Gasteiger charge is 2.33. The zero-order valence-corrected chi connectivity index (χ0v) is 22.6. The normalized spacial score (nSPS) is 17.5. The van der Waals surface area contributed by atoms with Crippen LogP contribution in [0.1, 0.15) is 40.9 Å². The van der Waals surface area contributed by atoms with Crippen molar-refractivity contribution in [1.82, 2.24) is 20.2 Å². The maximum Gasteiger partial charge on any atom is 0.266 e. The van der Waals surface area contributed by atoms with Crippen molar-refractivity contribution < 1.29 is 18.3 Å². The van der Waals surface area contributed by atoms with Crippen LogP contribution in [0.3, 0.4) is 0 Å². The number of thiophene rings is 1. The summed E-state index contributed by atoms with van der Waals surface area (Å²) in [7, 11) is 3.52. The van der Waals surface area contributed by atoms with Crippen molar-refractivity contribution in [3.63, 3.8) is 0 Å². The lowest BCUT2D eigenvalue weighted by Crippen LogP contribution is -2.44. The van der Waals surface area contributed by atoms with Gasteiger partial charge in [-0.25, -0.2) is 8.78 Å². The molecule has 0 unspecified atom stereocenters. The minimum atomic E-state index is -0.652. The number of carbonyl (C=O) groups excluding carboxylic acids is 1. The van der Waals surface area contributed by atoms with Crippen LogP contribution >= 0.6 is 22.9 Å². The van der Waals surface area contributed by atoms with Gasteiger partial charge in [-0.3, -0.25) is 14.8 Å². The lowest BCUT2D eigenvalue weighted by molar-refractivity contribution is 0.0604. The fraction of sp³-hybridized carbons (Fsp3) is 0.321. The first-order chi connectivity index (χ1) is 18.4. The van der Waals surface area contributed by atoms with Gasteiger partial charge in [0.2, 0.25) is 0 Å². The number of nitrogens with one attached hydrogen (secondary N) is 1. The first-order valence-corrected chi connectivity index (χ1v) is 13.6. The Bertz CT molecular complexity index is 1460. The molecule has 1 amide bonds. The Labute approximate surface area is 228 Å². The van der Waals surface area contributed by atoms with Gasteiger partial charge in [0.1, 0.15) is 22.3 Å². The van der Waals surface area contributed by atoms with Crippen LogP contribution < -0.4 is 10.1 Å². The Morgan fingerprint density at radius 2 is 1.92 bits per heavy atom. The van der Waals surface area contributed by atoms with E-state index in [-0.39, 0.29) is 38.5 Å². The smallest absolute Gasteiger partial charge is 0.266 e. The molecule has 38 heavy (non-hydrogen) atoms. The van der Waals surface area contributed by atoms with E-state index in [9.17, 15) is 13.6 Å². The second-order valence-electron chi connectivity index (χ2n) is 9.32. The van der Waals surface area contributed by atoms with E-state index in [2.05, 4.69) is 15.3 Å². The molecule has 1 saturated carbocycles. The van der Waals surface area contributed by atoms with E-state index in [1.165, 1.54) is 0 Å². The van der Waals surface area contributed by atoms with Crippen LogP contribution in [0, 0.1) is 11.6 Å². The summed E-state index contributed by atoms with van der Waals surface area (Å²) >= 11 is 7.42. The van der Waals surface area contributed by atoms with Crippen LogP contribution in [0.2, 0.25) is 5.02 Å². The number of amides is 1. The van der Waals surface area contributed by atoms with Gasteiger partial charge in [0.05, 0.1) is 34.1 Å². The quantitative estimate of drug-likeness (QED) is 0.282. The van der Waals surface area contributed by atoms with E-state index in [0.717, 1.165) is 60.3 Å². The molecule has 0 radical (unpaired) electrons. The van der Waals surface area contributed by atoms with E-state index in [0.29, 0.717) is 17.5 Å². The minimum absolute atomic E-state index is 0.0411. The van der Waals surface area contributed by atoms with Gasteiger partial charge in [-0.2, -0.15) is 0 Å². The van der Waals surface area contributed by atoms with Crippen molar-refractivity contribution in [2.45, 2.75) is 44.3 Å². The molecule has 0 aliphatic heterocycles. The van der Waals surface area contributed by atoms with Crippen LogP contribution in [-0.2, 0) is 6.54 Å². The lowest BCUT2D eigenvalue weighted by atomic mass is 9.89. The van der Waals surface area contributed by atoms with Gasteiger partial charge in [0.25, 0.3) is 5.91 Å². The van der Waals surface area contributed by atoms with Crippen molar-refractivity contribution in [3.8, 4) is 17.0 Å². The summed E-state index contributed by atoms with van der Waals surface area (Å²) in [4.78, 5) is 24.5. The lowest BCUT2D eigenvalue weighted by Gasteiger charge is -2.37. The highest BCUT2D eigenvalue weighted by molar-refractivity contribution is 7.21. The topological polar surface area (TPSA) is 67.3 Å². The summed E-state index contributed by atoms with van der Waals surface area (Å²) in [5, 5.41) is 3.21.